The maximum absolute atomic E-state index is 13.7. The van der Waals surface area contributed by atoms with Crippen LogP contribution in [0, 0.1) is 13.8 Å². The minimum Gasteiger partial charge on any atom is -0.492 e. The zero-order chi connectivity index (χ0) is 30.6. The zero-order valence-corrected chi connectivity index (χ0v) is 24.1. The van der Waals surface area contributed by atoms with E-state index in [1.54, 1.807) is 36.0 Å². The molecule has 4 aromatic rings. The molecule has 226 valence electrons. The first-order valence-corrected chi connectivity index (χ1v) is 13.9. The van der Waals surface area contributed by atoms with Crippen molar-refractivity contribution in [3.8, 4) is 11.6 Å². The monoisotopic (exact) mass is 594 g/mol. The number of hydrogen-bond donors (Lipinski definition) is 3. The number of amides is 1. The summed E-state index contributed by atoms with van der Waals surface area (Å²) in [6.07, 6.45) is -0.957. The van der Waals surface area contributed by atoms with Crippen molar-refractivity contribution in [2.75, 3.05) is 49.2 Å². The SMILES string of the molecule is CNc1cc(-n2nc(C)cc2Nc2cc(C(=O)Nc3cc(OCCN4CCCC4)cc(C(F)(F)F)c3)ccc2C)ncn1. The number of hydrogen-bond acceptors (Lipinski definition) is 8. The summed E-state index contributed by atoms with van der Waals surface area (Å²) >= 11 is 0. The van der Waals surface area contributed by atoms with Crippen molar-refractivity contribution in [1.82, 2.24) is 24.6 Å². The van der Waals surface area contributed by atoms with Crippen LogP contribution in [0.2, 0.25) is 0 Å². The number of nitrogens with one attached hydrogen (secondary N) is 3. The standard InChI is InChI=1S/C30H33F3N8O2/c1-19-6-7-21(13-25(19)38-28-12-20(2)39-41(28)27-17-26(34-3)35-18-36-27)29(42)37-23-14-22(30(31,32)33)15-24(16-23)43-11-10-40-8-4-5-9-40/h6-7,12-18,38H,4-5,8-11H2,1-3H3,(H,37,42)(H,34,35,36). The van der Waals surface area contributed by atoms with Gasteiger partial charge in [-0.2, -0.15) is 23.0 Å². The number of aryl methyl sites for hydroxylation is 2. The van der Waals surface area contributed by atoms with Crippen molar-refractivity contribution in [3.05, 3.63) is 77.2 Å². The number of halogens is 3. The maximum Gasteiger partial charge on any atom is 0.416 e. The highest BCUT2D eigenvalue weighted by Crippen LogP contribution is 2.34. The fraction of sp³-hybridized carbons (Fsp3) is 0.333. The smallest absolute Gasteiger partial charge is 0.416 e. The predicted molar refractivity (Wildman–Crippen MR) is 158 cm³/mol. The van der Waals surface area contributed by atoms with Crippen LogP contribution in [0.1, 0.15) is 40.0 Å². The van der Waals surface area contributed by atoms with Gasteiger partial charge in [-0.05, 0) is 69.6 Å². The van der Waals surface area contributed by atoms with Crippen molar-refractivity contribution in [3.63, 3.8) is 0 Å². The Balaban J connectivity index is 1.35. The number of aromatic nitrogens is 4. The number of anilines is 4. The third-order valence-corrected chi connectivity index (χ3v) is 7.09. The van der Waals surface area contributed by atoms with E-state index in [0.29, 0.717) is 29.7 Å². The second-order valence-electron chi connectivity index (χ2n) is 10.3. The molecule has 5 rings (SSSR count). The molecule has 0 radical (unpaired) electrons. The minimum atomic E-state index is -4.60. The molecular formula is C30H33F3N8O2. The van der Waals surface area contributed by atoms with E-state index < -0.39 is 17.6 Å². The number of carbonyl (C=O) groups excluding carboxylic acids is 1. The first-order chi connectivity index (χ1) is 20.6. The van der Waals surface area contributed by atoms with Crippen LogP contribution in [0.5, 0.6) is 5.75 Å². The van der Waals surface area contributed by atoms with Crippen LogP contribution in [-0.2, 0) is 6.18 Å². The quantitative estimate of drug-likeness (QED) is 0.211. The van der Waals surface area contributed by atoms with Gasteiger partial charge in [-0.15, -0.1) is 0 Å². The summed E-state index contributed by atoms with van der Waals surface area (Å²) < 4.78 is 48.3. The van der Waals surface area contributed by atoms with E-state index in [-0.39, 0.29) is 23.6 Å². The fourth-order valence-electron chi connectivity index (χ4n) is 4.82. The van der Waals surface area contributed by atoms with Crippen LogP contribution in [0.3, 0.4) is 0 Å². The summed E-state index contributed by atoms with van der Waals surface area (Å²) in [7, 11) is 1.75. The lowest BCUT2D eigenvalue weighted by Gasteiger charge is -2.17. The molecular weight excluding hydrogens is 561 g/mol. The van der Waals surface area contributed by atoms with Gasteiger partial charge in [0.1, 0.15) is 30.3 Å². The molecule has 1 aliphatic rings. The van der Waals surface area contributed by atoms with Crippen LogP contribution in [0.4, 0.5) is 36.2 Å². The molecule has 3 heterocycles. The van der Waals surface area contributed by atoms with E-state index in [4.69, 9.17) is 4.74 Å². The van der Waals surface area contributed by atoms with Gasteiger partial charge in [0.05, 0.1) is 11.3 Å². The lowest BCUT2D eigenvalue weighted by molar-refractivity contribution is -0.137. The Morgan fingerprint density at radius 3 is 2.56 bits per heavy atom. The van der Waals surface area contributed by atoms with Crippen LogP contribution < -0.4 is 20.7 Å². The first-order valence-electron chi connectivity index (χ1n) is 13.9. The molecule has 0 saturated carbocycles. The van der Waals surface area contributed by atoms with Crippen molar-refractivity contribution >= 4 is 28.9 Å². The van der Waals surface area contributed by atoms with E-state index in [1.165, 1.54) is 12.4 Å². The second kappa shape index (κ2) is 12.7. The minimum absolute atomic E-state index is 0.0103. The van der Waals surface area contributed by atoms with E-state index in [9.17, 15) is 18.0 Å². The van der Waals surface area contributed by atoms with Crippen LogP contribution in [-0.4, -0.2) is 63.8 Å². The largest absolute Gasteiger partial charge is 0.492 e. The van der Waals surface area contributed by atoms with Crippen LogP contribution in [0.15, 0.2) is 54.9 Å². The fourth-order valence-corrected chi connectivity index (χ4v) is 4.82. The molecule has 43 heavy (non-hydrogen) atoms. The van der Waals surface area contributed by atoms with E-state index in [0.717, 1.165) is 49.3 Å². The summed E-state index contributed by atoms with van der Waals surface area (Å²) in [6.45, 7) is 6.52. The van der Waals surface area contributed by atoms with Crippen molar-refractivity contribution in [2.24, 2.45) is 0 Å². The number of alkyl halides is 3. The Morgan fingerprint density at radius 2 is 1.81 bits per heavy atom. The molecule has 0 aliphatic carbocycles. The van der Waals surface area contributed by atoms with Gasteiger partial charge < -0.3 is 20.7 Å². The average molecular weight is 595 g/mol. The summed E-state index contributed by atoms with van der Waals surface area (Å²) in [5, 5.41) is 13.4. The molecule has 13 heteroatoms. The van der Waals surface area contributed by atoms with Crippen molar-refractivity contribution in [2.45, 2.75) is 32.9 Å². The molecule has 1 saturated heterocycles. The van der Waals surface area contributed by atoms with Gasteiger partial charge >= 0.3 is 6.18 Å². The topological polar surface area (TPSA) is 109 Å². The number of likely N-dealkylation sites (tertiary alicyclic amines) is 1. The third-order valence-electron chi connectivity index (χ3n) is 7.09. The van der Waals surface area contributed by atoms with E-state index in [1.807, 2.05) is 19.9 Å². The molecule has 2 aromatic carbocycles. The Labute approximate surface area is 247 Å². The number of carbonyl (C=O) groups is 1. The first kappa shape index (κ1) is 29.8. The molecule has 1 amide bonds. The Morgan fingerprint density at radius 1 is 1.02 bits per heavy atom. The highest BCUT2D eigenvalue weighted by molar-refractivity contribution is 6.05. The normalized spacial score (nSPS) is 13.6. The van der Waals surface area contributed by atoms with E-state index in [2.05, 4.69) is 35.9 Å². The molecule has 1 fully saturated rings. The Kier molecular flexibility index (Phi) is 8.81. The van der Waals surface area contributed by atoms with Crippen LogP contribution >= 0.6 is 0 Å². The van der Waals surface area contributed by atoms with E-state index >= 15 is 0 Å². The molecule has 0 atom stereocenters. The highest BCUT2D eigenvalue weighted by Gasteiger charge is 2.32. The lowest BCUT2D eigenvalue weighted by atomic mass is 10.1. The molecule has 3 N–H and O–H groups in total. The summed E-state index contributed by atoms with van der Waals surface area (Å²) in [5.74, 6) is 1.24. The van der Waals surface area contributed by atoms with Crippen molar-refractivity contribution < 1.29 is 22.7 Å². The molecule has 0 bridgehead atoms. The summed E-state index contributed by atoms with van der Waals surface area (Å²) in [4.78, 5) is 23.9. The molecule has 0 spiro atoms. The Hall–Kier alpha value is -4.65. The third kappa shape index (κ3) is 7.41. The predicted octanol–water partition coefficient (Wildman–Crippen LogP) is 5.81. The summed E-state index contributed by atoms with van der Waals surface area (Å²) in [6, 6.07) is 11.9. The van der Waals surface area contributed by atoms with Crippen LogP contribution in [0.25, 0.3) is 5.82 Å². The molecule has 0 unspecified atom stereocenters. The highest BCUT2D eigenvalue weighted by atomic mass is 19.4. The maximum atomic E-state index is 13.7. The van der Waals surface area contributed by atoms with Crippen molar-refractivity contribution in [1.29, 1.82) is 0 Å². The van der Waals surface area contributed by atoms with Gasteiger partial charge in [-0.1, -0.05) is 6.07 Å². The van der Waals surface area contributed by atoms with Gasteiger partial charge in [-0.3, -0.25) is 9.69 Å². The molecule has 2 aromatic heterocycles. The van der Waals surface area contributed by atoms with Gasteiger partial charge in [0.2, 0.25) is 0 Å². The zero-order valence-electron chi connectivity index (χ0n) is 24.1. The molecule has 10 nitrogen and oxygen atoms in total. The lowest BCUT2D eigenvalue weighted by Crippen LogP contribution is -2.25. The number of benzene rings is 2. The second-order valence-corrected chi connectivity index (χ2v) is 10.3. The number of nitrogens with zero attached hydrogens (tertiary/aromatic N) is 5. The number of ether oxygens (including phenoxy) is 1. The van der Waals surface area contributed by atoms with Gasteiger partial charge in [0.15, 0.2) is 5.82 Å². The average Bonchev–Trinajstić information content (AvgIpc) is 3.63. The summed E-state index contributed by atoms with van der Waals surface area (Å²) in [5.41, 5.74) is 1.54. The molecule has 1 aliphatic heterocycles. The Bertz CT molecular complexity index is 1600. The number of rotatable bonds is 10. The van der Waals surface area contributed by atoms with Gasteiger partial charge in [0, 0.05) is 48.7 Å². The van der Waals surface area contributed by atoms with Gasteiger partial charge in [0.25, 0.3) is 5.91 Å². The van der Waals surface area contributed by atoms with Gasteiger partial charge in [-0.25, -0.2) is 9.97 Å².